The molecule has 0 aromatic heterocycles. The van der Waals surface area contributed by atoms with Gasteiger partial charge in [0.15, 0.2) is 0 Å². The molecule has 0 bridgehead atoms. The first-order chi connectivity index (χ1) is 4.83. The lowest BCUT2D eigenvalue weighted by atomic mass is 10.1. The maximum Gasteiger partial charge on any atom is 0.0304 e. The molecule has 0 radical (unpaired) electrons. The zero-order valence-electron chi connectivity index (χ0n) is 6.35. The van der Waals surface area contributed by atoms with Crippen molar-refractivity contribution in [2.75, 3.05) is 13.6 Å². The third kappa shape index (κ3) is 2.69. The molecule has 0 amide bonds. The predicted octanol–water partition coefficient (Wildman–Crippen LogP) is 2.91. The Balaban J connectivity index is 2.11. The van der Waals surface area contributed by atoms with Gasteiger partial charge in [0.05, 0.1) is 0 Å². The summed E-state index contributed by atoms with van der Waals surface area (Å²) in [5.74, 6) is 0.913. The van der Waals surface area contributed by atoms with Crippen LogP contribution in [0.5, 0.6) is 0 Å². The monoisotopic (exact) mass is 179 g/mol. The molecule has 0 heterocycles. The fourth-order valence-electron chi connectivity index (χ4n) is 1.58. The van der Waals surface area contributed by atoms with E-state index in [1.54, 1.807) is 0 Å². The van der Waals surface area contributed by atoms with Crippen molar-refractivity contribution in [2.24, 2.45) is 5.92 Å². The minimum atomic E-state index is 0.913. The maximum absolute atomic E-state index is 5.57. The molecule has 0 spiro atoms. The summed E-state index contributed by atoms with van der Waals surface area (Å²) in [6.07, 6.45) is 5.65. The number of hydrogen-bond donors (Lipinski definition) is 0. The van der Waals surface area contributed by atoms with E-state index in [-0.39, 0.29) is 0 Å². The molecule has 3 heteroatoms. The molecule has 0 saturated heterocycles. The standard InChI is InChI=1S/C7H14ClNS/c1-9(10-8)6-7-4-2-3-5-7/h7H,2-6H2,1H3. The van der Waals surface area contributed by atoms with Crippen LogP contribution in [0.2, 0.25) is 0 Å². The Labute approximate surface area is 71.7 Å². The van der Waals surface area contributed by atoms with Crippen LogP contribution >= 0.6 is 21.8 Å². The summed E-state index contributed by atoms with van der Waals surface area (Å²) in [7, 11) is 7.62. The Morgan fingerprint density at radius 3 is 2.60 bits per heavy atom. The molecule has 1 aliphatic carbocycles. The van der Waals surface area contributed by atoms with E-state index in [9.17, 15) is 0 Å². The van der Waals surface area contributed by atoms with Crippen molar-refractivity contribution in [2.45, 2.75) is 25.7 Å². The Hall–Kier alpha value is 0.600. The summed E-state index contributed by atoms with van der Waals surface area (Å²) in [6, 6.07) is 0. The third-order valence-corrected chi connectivity index (χ3v) is 3.20. The van der Waals surface area contributed by atoms with Gasteiger partial charge in [-0.05, 0) is 36.5 Å². The van der Waals surface area contributed by atoms with Crippen LogP contribution in [0, 0.1) is 5.92 Å². The topological polar surface area (TPSA) is 3.24 Å². The van der Waals surface area contributed by atoms with Crippen molar-refractivity contribution in [1.82, 2.24) is 4.31 Å². The number of hydrogen-bond acceptors (Lipinski definition) is 2. The molecule has 1 saturated carbocycles. The van der Waals surface area contributed by atoms with Crippen LogP contribution in [0.1, 0.15) is 25.7 Å². The van der Waals surface area contributed by atoms with Crippen LogP contribution in [0.4, 0.5) is 0 Å². The van der Waals surface area contributed by atoms with E-state index in [2.05, 4.69) is 11.4 Å². The van der Waals surface area contributed by atoms with E-state index in [1.807, 2.05) is 0 Å². The van der Waals surface area contributed by atoms with Crippen molar-refractivity contribution in [3.63, 3.8) is 0 Å². The first-order valence-corrected chi connectivity index (χ1v) is 5.42. The van der Waals surface area contributed by atoms with Crippen LogP contribution in [0.15, 0.2) is 0 Å². The summed E-state index contributed by atoms with van der Waals surface area (Å²) >= 11 is 1.32. The van der Waals surface area contributed by atoms with Gasteiger partial charge in [0.1, 0.15) is 0 Å². The fourth-order valence-corrected chi connectivity index (χ4v) is 2.02. The quantitative estimate of drug-likeness (QED) is 0.613. The van der Waals surface area contributed by atoms with Gasteiger partial charge < -0.3 is 0 Å². The average molecular weight is 180 g/mol. The van der Waals surface area contributed by atoms with Gasteiger partial charge in [0.25, 0.3) is 0 Å². The second kappa shape index (κ2) is 4.47. The van der Waals surface area contributed by atoms with Crippen LogP contribution in [-0.4, -0.2) is 17.9 Å². The second-order valence-electron chi connectivity index (χ2n) is 3.03. The molecule has 1 fully saturated rings. The first kappa shape index (κ1) is 8.69. The zero-order valence-corrected chi connectivity index (χ0v) is 7.92. The van der Waals surface area contributed by atoms with Crippen LogP contribution in [-0.2, 0) is 0 Å². The molecule has 1 nitrogen and oxygen atoms in total. The SMILES string of the molecule is CN(CC1CCCC1)SCl. The molecule has 60 valence electrons. The van der Waals surface area contributed by atoms with Gasteiger partial charge in [-0.2, -0.15) is 0 Å². The number of halogens is 1. The highest BCUT2D eigenvalue weighted by Gasteiger charge is 2.16. The zero-order chi connectivity index (χ0) is 7.40. The molecule has 0 aliphatic heterocycles. The average Bonchev–Trinajstić information content (AvgIpc) is 2.40. The van der Waals surface area contributed by atoms with Crippen LogP contribution in [0.25, 0.3) is 0 Å². The highest BCUT2D eigenvalue weighted by atomic mass is 35.7. The Morgan fingerprint density at radius 2 is 2.10 bits per heavy atom. The summed E-state index contributed by atoms with van der Waals surface area (Å²) in [6.45, 7) is 1.16. The van der Waals surface area contributed by atoms with Crippen LogP contribution in [0.3, 0.4) is 0 Å². The Bertz CT molecular complexity index is 93.6. The lowest BCUT2D eigenvalue weighted by molar-refractivity contribution is 0.423. The highest BCUT2D eigenvalue weighted by Crippen LogP contribution is 2.27. The van der Waals surface area contributed by atoms with E-state index in [0.717, 1.165) is 12.5 Å². The van der Waals surface area contributed by atoms with Gasteiger partial charge in [-0.15, -0.1) is 0 Å². The molecule has 0 aromatic carbocycles. The summed E-state index contributed by atoms with van der Waals surface area (Å²) in [5.41, 5.74) is 0. The van der Waals surface area contributed by atoms with E-state index in [4.69, 9.17) is 10.7 Å². The normalized spacial score (nSPS) is 20.7. The Kier molecular flexibility index (Phi) is 3.89. The smallest absolute Gasteiger partial charge is 0.0304 e. The molecule has 0 N–H and O–H groups in total. The van der Waals surface area contributed by atoms with E-state index in [0.29, 0.717) is 0 Å². The van der Waals surface area contributed by atoms with Crippen molar-refractivity contribution in [3.05, 3.63) is 0 Å². The second-order valence-corrected chi connectivity index (χ2v) is 4.21. The number of nitrogens with zero attached hydrogens (tertiary/aromatic N) is 1. The Morgan fingerprint density at radius 1 is 1.50 bits per heavy atom. The lowest BCUT2D eigenvalue weighted by Gasteiger charge is -2.15. The summed E-state index contributed by atoms with van der Waals surface area (Å²) < 4.78 is 2.11. The first-order valence-electron chi connectivity index (χ1n) is 3.83. The van der Waals surface area contributed by atoms with Gasteiger partial charge in [-0.25, -0.2) is 4.31 Å². The molecule has 0 atom stereocenters. The maximum atomic E-state index is 5.57. The summed E-state index contributed by atoms with van der Waals surface area (Å²) in [4.78, 5) is 0. The molecule has 0 aromatic rings. The molecule has 10 heavy (non-hydrogen) atoms. The molecular formula is C7H14ClNS. The summed E-state index contributed by atoms with van der Waals surface area (Å²) in [5, 5.41) is 0. The van der Waals surface area contributed by atoms with Gasteiger partial charge >= 0.3 is 0 Å². The van der Waals surface area contributed by atoms with E-state index in [1.165, 1.54) is 36.8 Å². The van der Waals surface area contributed by atoms with Gasteiger partial charge in [-0.3, -0.25) is 0 Å². The third-order valence-electron chi connectivity index (χ3n) is 2.11. The molecule has 1 aliphatic rings. The highest BCUT2D eigenvalue weighted by molar-refractivity contribution is 8.19. The van der Waals surface area contributed by atoms with Gasteiger partial charge in [0, 0.05) is 17.7 Å². The fraction of sp³-hybridized carbons (Fsp3) is 1.00. The molecular weight excluding hydrogens is 166 g/mol. The van der Waals surface area contributed by atoms with E-state index >= 15 is 0 Å². The van der Waals surface area contributed by atoms with Crippen LogP contribution < -0.4 is 0 Å². The van der Waals surface area contributed by atoms with Gasteiger partial charge in [-0.1, -0.05) is 12.8 Å². The van der Waals surface area contributed by atoms with E-state index < -0.39 is 0 Å². The van der Waals surface area contributed by atoms with Gasteiger partial charge in [0.2, 0.25) is 0 Å². The largest absolute Gasteiger partial charge is 0.240 e. The van der Waals surface area contributed by atoms with Crippen molar-refractivity contribution < 1.29 is 0 Å². The minimum Gasteiger partial charge on any atom is -0.240 e. The minimum absolute atomic E-state index is 0.913. The predicted molar refractivity (Wildman–Crippen MR) is 48.0 cm³/mol. The lowest BCUT2D eigenvalue weighted by Crippen LogP contribution is -2.16. The number of rotatable bonds is 3. The van der Waals surface area contributed by atoms with Crippen molar-refractivity contribution >= 4 is 21.8 Å². The molecule has 0 unspecified atom stereocenters. The molecule has 1 rings (SSSR count). The van der Waals surface area contributed by atoms with Crippen molar-refractivity contribution in [3.8, 4) is 0 Å². The van der Waals surface area contributed by atoms with Crippen molar-refractivity contribution in [1.29, 1.82) is 0 Å².